The fourth-order valence-corrected chi connectivity index (χ4v) is 3.59. The topological polar surface area (TPSA) is 50.8 Å². The highest BCUT2D eigenvalue weighted by Gasteiger charge is 2.11. The van der Waals surface area contributed by atoms with Crippen molar-refractivity contribution in [3.63, 3.8) is 0 Å². The van der Waals surface area contributed by atoms with Crippen molar-refractivity contribution in [3.8, 4) is 11.5 Å². The number of anilines is 1. The summed E-state index contributed by atoms with van der Waals surface area (Å²) in [6.07, 6.45) is 7.25. The summed E-state index contributed by atoms with van der Waals surface area (Å²) in [5.74, 6) is 1.31. The highest BCUT2D eigenvalue weighted by atomic mass is 16.6. The lowest BCUT2D eigenvalue weighted by molar-refractivity contribution is -0.111. The molecule has 5 nitrogen and oxygen atoms in total. The van der Waals surface area contributed by atoms with Crippen LogP contribution in [0.5, 0.6) is 11.5 Å². The van der Waals surface area contributed by atoms with E-state index < -0.39 is 0 Å². The number of benzene rings is 2. The van der Waals surface area contributed by atoms with E-state index in [1.54, 1.807) is 6.08 Å². The first kappa shape index (κ1) is 18.6. The van der Waals surface area contributed by atoms with Gasteiger partial charge in [0.25, 0.3) is 0 Å². The quantitative estimate of drug-likeness (QED) is 0.796. The van der Waals surface area contributed by atoms with Crippen molar-refractivity contribution >= 4 is 17.7 Å². The smallest absolute Gasteiger partial charge is 0.248 e. The van der Waals surface area contributed by atoms with Crippen LogP contribution in [-0.4, -0.2) is 37.1 Å². The average Bonchev–Trinajstić information content (AvgIpc) is 2.74. The van der Waals surface area contributed by atoms with Crippen molar-refractivity contribution in [2.45, 2.75) is 25.8 Å². The van der Waals surface area contributed by atoms with E-state index in [1.165, 1.54) is 44.0 Å². The monoisotopic (exact) mass is 378 g/mol. The van der Waals surface area contributed by atoms with Gasteiger partial charge >= 0.3 is 0 Å². The van der Waals surface area contributed by atoms with E-state index in [0.717, 1.165) is 29.3 Å². The Morgan fingerprint density at radius 3 is 2.50 bits per heavy atom. The van der Waals surface area contributed by atoms with Gasteiger partial charge in [-0.2, -0.15) is 0 Å². The molecule has 0 unspecified atom stereocenters. The third-order valence-corrected chi connectivity index (χ3v) is 5.07. The third kappa shape index (κ3) is 4.93. The zero-order chi connectivity index (χ0) is 19.2. The van der Waals surface area contributed by atoms with Crippen molar-refractivity contribution in [3.05, 3.63) is 59.7 Å². The molecule has 0 atom stereocenters. The fraction of sp³-hybridized carbons (Fsp3) is 0.348. The number of nitrogens with one attached hydrogen (secondary N) is 1. The minimum absolute atomic E-state index is 0.154. The van der Waals surface area contributed by atoms with Crippen molar-refractivity contribution < 1.29 is 14.3 Å². The van der Waals surface area contributed by atoms with Gasteiger partial charge in [0.1, 0.15) is 13.2 Å². The molecular weight excluding hydrogens is 352 g/mol. The third-order valence-electron chi connectivity index (χ3n) is 5.07. The van der Waals surface area contributed by atoms with Gasteiger partial charge in [-0.25, -0.2) is 0 Å². The van der Waals surface area contributed by atoms with Crippen LogP contribution in [0.4, 0.5) is 5.69 Å². The average molecular weight is 378 g/mol. The zero-order valence-electron chi connectivity index (χ0n) is 16.0. The lowest BCUT2D eigenvalue weighted by Gasteiger charge is -2.26. The summed E-state index contributed by atoms with van der Waals surface area (Å²) in [6, 6.07) is 13.8. The molecule has 5 heteroatoms. The molecule has 146 valence electrons. The second kappa shape index (κ2) is 8.93. The molecule has 0 spiro atoms. The Morgan fingerprint density at radius 2 is 1.71 bits per heavy atom. The summed E-state index contributed by atoms with van der Waals surface area (Å²) in [5, 5.41) is 2.91. The molecule has 2 heterocycles. The number of carbonyl (C=O) groups excluding carboxylic acids is 1. The van der Waals surface area contributed by atoms with Crippen molar-refractivity contribution in [2.75, 3.05) is 31.6 Å². The molecule has 2 aliphatic heterocycles. The highest BCUT2D eigenvalue weighted by Crippen LogP contribution is 2.31. The van der Waals surface area contributed by atoms with Gasteiger partial charge in [0.2, 0.25) is 5.91 Å². The Balaban J connectivity index is 1.31. The van der Waals surface area contributed by atoms with Gasteiger partial charge in [-0.05, 0) is 67.4 Å². The molecule has 4 rings (SSSR count). The normalized spacial score (nSPS) is 16.9. The van der Waals surface area contributed by atoms with Crippen LogP contribution in [0.3, 0.4) is 0 Å². The van der Waals surface area contributed by atoms with E-state index >= 15 is 0 Å². The minimum Gasteiger partial charge on any atom is -0.486 e. The van der Waals surface area contributed by atoms with Crippen molar-refractivity contribution in [1.29, 1.82) is 0 Å². The number of hydrogen-bond acceptors (Lipinski definition) is 4. The summed E-state index contributed by atoms with van der Waals surface area (Å²) < 4.78 is 11.1. The molecule has 1 saturated heterocycles. The molecule has 2 aromatic carbocycles. The summed E-state index contributed by atoms with van der Waals surface area (Å²) in [5.41, 5.74) is 2.99. The molecule has 2 aliphatic rings. The number of piperidine rings is 1. The van der Waals surface area contributed by atoms with E-state index in [9.17, 15) is 4.79 Å². The molecular formula is C23H26N2O3. The Morgan fingerprint density at radius 1 is 0.964 bits per heavy atom. The van der Waals surface area contributed by atoms with Gasteiger partial charge in [0.15, 0.2) is 11.5 Å². The van der Waals surface area contributed by atoms with Crippen LogP contribution in [0.2, 0.25) is 0 Å². The van der Waals surface area contributed by atoms with Crippen LogP contribution >= 0.6 is 0 Å². The number of ether oxygens (including phenoxy) is 2. The first-order chi connectivity index (χ1) is 13.8. The van der Waals surface area contributed by atoms with Crippen LogP contribution < -0.4 is 14.8 Å². The number of amides is 1. The Bertz CT molecular complexity index is 839. The fourth-order valence-electron chi connectivity index (χ4n) is 3.59. The summed E-state index contributed by atoms with van der Waals surface area (Å²) in [6.45, 7) is 4.47. The first-order valence-corrected chi connectivity index (χ1v) is 9.96. The van der Waals surface area contributed by atoms with Crippen LogP contribution in [0.15, 0.2) is 48.5 Å². The van der Waals surface area contributed by atoms with Gasteiger partial charge in [-0.3, -0.25) is 9.69 Å². The van der Waals surface area contributed by atoms with E-state index in [0.29, 0.717) is 13.2 Å². The van der Waals surface area contributed by atoms with Crippen LogP contribution in [0.25, 0.3) is 6.08 Å². The molecule has 28 heavy (non-hydrogen) atoms. The minimum atomic E-state index is -0.154. The van der Waals surface area contributed by atoms with Gasteiger partial charge in [0, 0.05) is 18.3 Å². The number of nitrogens with zero attached hydrogens (tertiary/aromatic N) is 1. The predicted molar refractivity (Wildman–Crippen MR) is 111 cm³/mol. The Labute approximate surface area is 165 Å². The van der Waals surface area contributed by atoms with E-state index in [1.807, 2.05) is 30.3 Å². The van der Waals surface area contributed by atoms with Crippen LogP contribution in [0, 0.1) is 0 Å². The van der Waals surface area contributed by atoms with Gasteiger partial charge in [-0.15, -0.1) is 0 Å². The standard InChI is InChI=1S/C23H26N2O3/c26-23(11-7-18-6-10-21-22(16-18)28-15-14-27-21)24-20-8-4-19(5-9-20)17-25-12-2-1-3-13-25/h4-11,16H,1-3,12-15,17H2,(H,24,26)/b11-7-. The maximum absolute atomic E-state index is 12.2. The van der Waals surface area contributed by atoms with E-state index in [4.69, 9.17) is 9.47 Å². The molecule has 1 amide bonds. The van der Waals surface area contributed by atoms with Gasteiger partial charge < -0.3 is 14.8 Å². The number of rotatable bonds is 5. The molecule has 0 aromatic heterocycles. The van der Waals surface area contributed by atoms with Gasteiger partial charge in [0.05, 0.1) is 0 Å². The van der Waals surface area contributed by atoms with Crippen LogP contribution in [-0.2, 0) is 11.3 Å². The molecule has 1 fully saturated rings. The zero-order valence-corrected chi connectivity index (χ0v) is 16.0. The van der Waals surface area contributed by atoms with Crippen LogP contribution in [0.1, 0.15) is 30.4 Å². The van der Waals surface area contributed by atoms with E-state index in [-0.39, 0.29) is 5.91 Å². The summed E-state index contributed by atoms with van der Waals surface area (Å²) >= 11 is 0. The molecule has 0 aliphatic carbocycles. The second-order valence-electron chi connectivity index (χ2n) is 7.26. The predicted octanol–water partition coefficient (Wildman–Crippen LogP) is 4.10. The maximum atomic E-state index is 12.2. The molecule has 1 N–H and O–H groups in total. The van der Waals surface area contributed by atoms with Gasteiger partial charge in [-0.1, -0.05) is 24.6 Å². The molecule has 0 saturated carbocycles. The number of fused-ring (bicyclic) bond motifs is 1. The Kier molecular flexibility index (Phi) is 5.92. The lowest BCUT2D eigenvalue weighted by atomic mass is 10.1. The number of carbonyl (C=O) groups is 1. The highest BCUT2D eigenvalue weighted by molar-refractivity contribution is 6.01. The molecule has 2 aromatic rings. The maximum Gasteiger partial charge on any atom is 0.248 e. The molecule has 0 radical (unpaired) electrons. The number of hydrogen-bond donors (Lipinski definition) is 1. The SMILES string of the molecule is O=C(/C=C\c1ccc2c(c1)OCCO2)Nc1ccc(CN2CCCCC2)cc1. The first-order valence-electron chi connectivity index (χ1n) is 9.96. The second-order valence-corrected chi connectivity index (χ2v) is 7.26. The summed E-state index contributed by atoms with van der Waals surface area (Å²) in [4.78, 5) is 14.7. The largest absolute Gasteiger partial charge is 0.486 e. The van der Waals surface area contributed by atoms with Crippen molar-refractivity contribution in [1.82, 2.24) is 4.90 Å². The van der Waals surface area contributed by atoms with Crippen molar-refractivity contribution in [2.24, 2.45) is 0 Å². The molecule has 0 bridgehead atoms. The Hall–Kier alpha value is -2.79. The summed E-state index contributed by atoms with van der Waals surface area (Å²) in [7, 11) is 0. The van der Waals surface area contributed by atoms with E-state index in [2.05, 4.69) is 22.3 Å². The number of likely N-dealkylation sites (tertiary alicyclic amines) is 1. The lowest BCUT2D eigenvalue weighted by Crippen LogP contribution is -2.29.